The third-order valence-electron chi connectivity index (χ3n) is 1.02. The van der Waals surface area contributed by atoms with Crippen molar-refractivity contribution in [2.75, 3.05) is 5.75 Å². The molecule has 0 amide bonds. The van der Waals surface area contributed by atoms with E-state index in [2.05, 4.69) is 13.8 Å². The second-order valence-electron chi connectivity index (χ2n) is 2.99. The summed E-state index contributed by atoms with van der Waals surface area (Å²) < 4.78 is 11.1. The molecule has 0 aromatic heterocycles. The molecular weight excluding hydrogens is 132 g/mol. The molecule has 0 saturated carbocycles. The molecule has 0 bridgehead atoms. The Morgan fingerprint density at radius 1 is 1.22 bits per heavy atom. The summed E-state index contributed by atoms with van der Waals surface area (Å²) in [5, 5.41) is 0.326. The van der Waals surface area contributed by atoms with Crippen molar-refractivity contribution >= 4 is 10.8 Å². The molecule has 0 radical (unpaired) electrons. The van der Waals surface area contributed by atoms with Crippen molar-refractivity contribution in [2.24, 2.45) is 5.92 Å². The van der Waals surface area contributed by atoms with E-state index < -0.39 is 10.8 Å². The second-order valence-corrected chi connectivity index (χ2v) is 5.03. The van der Waals surface area contributed by atoms with E-state index in [1.807, 2.05) is 13.8 Å². The lowest BCUT2D eigenvalue weighted by molar-refractivity contribution is 0.658. The van der Waals surface area contributed by atoms with Crippen LogP contribution in [0.1, 0.15) is 27.7 Å². The van der Waals surface area contributed by atoms with Crippen molar-refractivity contribution in [2.45, 2.75) is 32.9 Å². The van der Waals surface area contributed by atoms with Crippen LogP contribution < -0.4 is 0 Å². The molecule has 0 aromatic rings. The van der Waals surface area contributed by atoms with E-state index in [1.54, 1.807) is 0 Å². The van der Waals surface area contributed by atoms with Crippen molar-refractivity contribution in [1.82, 2.24) is 0 Å². The third kappa shape index (κ3) is 4.64. The van der Waals surface area contributed by atoms with Gasteiger partial charge in [-0.1, -0.05) is 27.7 Å². The normalized spacial score (nSPS) is 14.9. The molecule has 0 aliphatic heterocycles. The maximum absolute atomic E-state index is 11.1. The Morgan fingerprint density at radius 2 is 1.67 bits per heavy atom. The molecule has 0 heterocycles. The number of hydrogen-bond donors (Lipinski definition) is 0. The quantitative estimate of drug-likeness (QED) is 0.596. The monoisotopic (exact) mass is 148 g/mol. The molecule has 1 unspecified atom stereocenters. The molecule has 0 aliphatic carbocycles. The van der Waals surface area contributed by atoms with Crippen LogP contribution in [0.4, 0.5) is 0 Å². The van der Waals surface area contributed by atoms with Gasteiger partial charge in [-0.25, -0.2) is 0 Å². The van der Waals surface area contributed by atoms with Gasteiger partial charge in [0.1, 0.15) is 0 Å². The topological polar surface area (TPSA) is 17.1 Å². The van der Waals surface area contributed by atoms with E-state index in [0.29, 0.717) is 11.2 Å². The molecule has 0 saturated heterocycles. The van der Waals surface area contributed by atoms with E-state index in [0.717, 1.165) is 5.75 Å². The van der Waals surface area contributed by atoms with Crippen LogP contribution in [0.5, 0.6) is 0 Å². The minimum absolute atomic E-state index is 0.326. The van der Waals surface area contributed by atoms with Crippen LogP contribution >= 0.6 is 0 Å². The summed E-state index contributed by atoms with van der Waals surface area (Å²) in [5.74, 6) is 1.41. The van der Waals surface area contributed by atoms with Gasteiger partial charge >= 0.3 is 0 Å². The Labute approximate surface area is 60.3 Å². The maximum atomic E-state index is 11.1. The zero-order chi connectivity index (χ0) is 7.44. The number of hydrogen-bond acceptors (Lipinski definition) is 1. The van der Waals surface area contributed by atoms with Crippen LogP contribution in [-0.4, -0.2) is 15.2 Å². The molecule has 0 spiro atoms. The van der Waals surface area contributed by atoms with Crippen molar-refractivity contribution < 1.29 is 4.21 Å². The molecule has 0 aliphatic rings. The predicted molar refractivity (Wildman–Crippen MR) is 43.0 cm³/mol. The maximum Gasteiger partial charge on any atom is 0.0291 e. The predicted octanol–water partition coefficient (Wildman–Crippen LogP) is 1.80. The summed E-state index contributed by atoms with van der Waals surface area (Å²) in [6.07, 6.45) is 0. The molecule has 0 N–H and O–H groups in total. The highest BCUT2D eigenvalue weighted by Gasteiger charge is 2.05. The average molecular weight is 148 g/mol. The first kappa shape index (κ1) is 9.15. The van der Waals surface area contributed by atoms with E-state index in [9.17, 15) is 4.21 Å². The van der Waals surface area contributed by atoms with Crippen LogP contribution in [0.25, 0.3) is 0 Å². The highest BCUT2D eigenvalue weighted by atomic mass is 32.2. The summed E-state index contributed by atoms with van der Waals surface area (Å²) in [4.78, 5) is 0. The largest absolute Gasteiger partial charge is 0.259 e. The van der Waals surface area contributed by atoms with Gasteiger partial charge in [-0.05, 0) is 5.92 Å². The Hall–Kier alpha value is 0.150. The van der Waals surface area contributed by atoms with E-state index in [4.69, 9.17) is 0 Å². The Balaban J connectivity index is 3.51. The van der Waals surface area contributed by atoms with Gasteiger partial charge in [-0.3, -0.25) is 4.21 Å². The van der Waals surface area contributed by atoms with Crippen molar-refractivity contribution in [3.05, 3.63) is 0 Å². The first-order chi connectivity index (χ1) is 4.04. The molecule has 0 aromatic carbocycles. The molecule has 1 nitrogen and oxygen atoms in total. The molecule has 2 heteroatoms. The smallest absolute Gasteiger partial charge is 0.0291 e. The second kappa shape index (κ2) is 4.04. The zero-order valence-electron chi connectivity index (χ0n) is 6.68. The summed E-state index contributed by atoms with van der Waals surface area (Å²) in [6, 6.07) is 0. The van der Waals surface area contributed by atoms with Crippen LogP contribution in [0.3, 0.4) is 0 Å². The van der Waals surface area contributed by atoms with Gasteiger partial charge in [0.2, 0.25) is 0 Å². The van der Waals surface area contributed by atoms with Crippen molar-refractivity contribution in [3.8, 4) is 0 Å². The first-order valence-electron chi connectivity index (χ1n) is 3.41. The molecule has 9 heavy (non-hydrogen) atoms. The third-order valence-corrected chi connectivity index (χ3v) is 3.07. The SMILES string of the molecule is CC(C)CS(=O)C(C)C. The lowest BCUT2D eigenvalue weighted by atomic mass is 10.3. The fraction of sp³-hybridized carbons (Fsp3) is 1.00. The van der Waals surface area contributed by atoms with Crippen LogP contribution in [-0.2, 0) is 10.8 Å². The van der Waals surface area contributed by atoms with Crippen molar-refractivity contribution in [3.63, 3.8) is 0 Å². The molecule has 56 valence electrons. The fourth-order valence-electron chi connectivity index (χ4n) is 0.521. The van der Waals surface area contributed by atoms with Gasteiger partial charge < -0.3 is 0 Å². The van der Waals surface area contributed by atoms with Crippen LogP contribution in [0, 0.1) is 5.92 Å². The van der Waals surface area contributed by atoms with Gasteiger partial charge in [-0.15, -0.1) is 0 Å². The van der Waals surface area contributed by atoms with Crippen LogP contribution in [0.15, 0.2) is 0 Å². The average Bonchev–Trinajstić information content (AvgIpc) is 1.63. The highest BCUT2D eigenvalue weighted by molar-refractivity contribution is 7.85. The Kier molecular flexibility index (Phi) is 4.11. The minimum Gasteiger partial charge on any atom is -0.259 e. The highest BCUT2D eigenvalue weighted by Crippen LogP contribution is 2.00. The minimum atomic E-state index is -0.602. The summed E-state index contributed by atoms with van der Waals surface area (Å²) in [5.41, 5.74) is 0. The lowest BCUT2D eigenvalue weighted by Crippen LogP contribution is -2.13. The van der Waals surface area contributed by atoms with Crippen LogP contribution in [0.2, 0.25) is 0 Å². The fourth-order valence-corrected chi connectivity index (χ4v) is 1.56. The summed E-state index contributed by atoms with van der Waals surface area (Å²) >= 11 is 0. The molecule has 0 rings (SSSR count). The first-order valence-corrected chi connectivity index (χ1v) is 4.79. The van der Waals surface area contributed by atoms with Gasteiger partial charge in [0.25, 0.3) is 0 Å². The molecular formula is C7H16OS. The number of rotatable bonds is 3. The molecule has 0 fully saturated rings. The van der Waals surface area contributed by atoms with Gasteiger partial charge in [0, 0.05) is 21.8 Å². The van der Waals surface area contributed by atoms with E-state index >= 15 is 0 Å². The van der Waals surface area contributed by atoms with Crippen molar-refractivity contribution in [1.29, 1.82) is 0 Å². The molecule has 1 atom stereocenters. The Bertz CT molecular complexity index is 97.1. The van der Waals surface area contributed by atoms with Gasteiger partial charge in [-0.2, -0.15) is 0 Å². The summed E-state index contributed by atoms with van der Waals surface area (Å²) in [6.45, 7) is 8.19. The van der Waals surface area contributed by atoms with Gasteiger partial charge in [0.15, 0.2) is 0 Å². The van der Waals surface area contributed by atoms with E-state index in [-0.39, 0.29) is 0 Å². The zero-order valence-corrected chi connectivity index (χ0v) is 7.49. The summed E-state index contributed by atoms with van der Waals surface area (Å²) in [7, 11) is -0.602. The standard InChI is InChI=1S/C7H16OS/c1-6(2)5-9(8)7(3)4/h6-7H,5H2,1-4H3. The lowest BCUT2D eigenvalue weighted by Gasteiger charge is -2.06. The Morgan fingerprint density at radius 3 is 1.78 bits per heavy atom. The van der Waals surface area contributed by atoms with Gasteiger partial charge in [0.05, 0.1) is 0 Å². The van der Waals surface area contributed by atoms with E-state index in [1.165, 1.54) is 0 Å².